The molecule has 4 heteroatoms. The Labute approximate surface area is 128 Å². The van der Waals surface area contributed by atoms with Gasteiger partial charge in [0, 0.05) is 18.0 Å². The Kier molecular flexibility index (Phi) is 7.13. The first-order chi connectivity index (χ1) is 9.54. The van der Waals surface area contributed by atoms with Gasteiger partial charge < -0.3 is 10.1 Å². The quantitative estimate of drug-likeness (QED) is 0.732. The molecule has 116 valence electrons. The highest BCUT2D eigenvalue weighted by atomic mass is 32.1. The van der Waals surface area contributed by atoms with Crippen LogP contribution in [0, 0.1) is 0 Å². The van der Waals surface area contributed by atoms with E-state index in [0.29, 0.717) is 5.92 Å². The van der Waals surface area contributed by atoms with Crippen LogP contribution in [0.4, 0.5) is 0 Å². The molecule has 1 N–H and O–H groups in total. The molecule has 3 nitrogen and oxygen atoms in total. The highest BCUT2D eigenvalue weighted by Gasteiger charge is 2.33. The first-order valence-electron chi connectivity index (χ1n) is 7.89. The number of thiazole rings is 1. The average molecular weight is 298 g/mol. The summed E-state index contributed by atoms with van der Waals surface area (Å²) in [5.74, 6) is 0.460. The molecule has 0 atom stereocenters. The summed E-state index contributed by atoms with van der Waals surface area (Å²) >= 11 is 1.83. The van der Waals surface area contributed by atoms with E-state index >= 15 is 0 Å². The maximum atomic E-state index is 6.09. The van der Waals surface area contributed by atoms with Crippen LogP contribution in [0.2, 0.25) is 0 Å². The molecule has 0 radical (unpaired) electrons. The zero-order valence-electron chi connectivity index (χ0n) is 13.9. The van der Waals surface area contributed by atoms with Crippen LogP contribution < -0.4 is 5.32 Å². The number of hydrogen-bond acceptors (Lipinski definition) is 4. The Morgan fingerprint density at radius 3 is 2.30 bits per heavy atom. The lowest BCUT2D eigenvalue weighted by Gasteiger charge is -2.29. The van der Waals surface area contributed by atoms with E-state index in [1.165, 1.54) is 10.6 Å². The second-order valence-electron chi connectivity index (χ2n) is 5.40. The van der Waals surface area contributed by atoms with Crippen LogP contribution in [0.25, 0.3) is 0 Å². The highest BCUT2D eigenvalue weighted by molar-refractivity contribution is 7.11. The third kappa shape index (κ3) is 3.80. The minimum atomic E-state index is -0.201. The molecule has 0 unspecified atom stereocenters. The van der Waals surface area contributed by atoms with Gasteiger partial charge in [0.05, 0.1) is 5.69 Å². The second-order valence-corrected chi connectivity index (χ2v) is 6.48. The summed E-state index contributed by atoms with van der Waals surface area (Å²) in [7, 11) is 0. The lowest BCUT2D eigenvalue weighted by molar-refractivity contribution is -0.0507. The van der Waals surface area contributed by atoms with E-state index in [2.05, 4.69) is 46.9 Å². The standard InChI is InChI=1S/C16H30N2OS/c1-7-16(8-2,19-10-4)15-18-14(12(5)6)13(20-15)11-17-9-3/h12,17H,7-11H2,1-6H3. The maximum Gasteiger partial charge on any atom is 0.125 e. The van der Waals surface area contributed by atoms with Crippen LogP contribution in [0.3, 0.4) is 0 Å². The van der Waals surface area contributed by atoms with Crippen LogP contribution in [-0.2, 0) is 16.9 Å². The minimum absolute atomic E-state index is 0.201. The summed E-state index contributed by atoms with van der Waals surface area (Å²) in [6.07, 6.45) is 1.95. The molecule has 0 bridgehead atoms. The highest BCUT2D eigenvalue weighted by Crippen LogP contribution is 2.38. The predicted octanol–water partition coefficient (Wildman–Crippen LogP) is 4.43. The van der Waals surface area contributed by atoms with Crippen molar-refractivity contribution >= 4 is 11.3 Å². The molecular formula is C16H30N2OS. The SMILES string of the molecule is CCNCc1sc(C(CC)(CC)OCC)nc1C(C)C. The van der Waals surface area contributed by atoms with E-state index in [0.717, 1.165) is 37.5 Å². The van der Waals surface area contributed by atoms with Crippen molar-refractivity contribution < 1.29 is 4.74 Å². The van der Waals surface area contributed by atoms with E-state index in [9.17, 15) is 0 Å². The fourth-order valence-electron chi connectivity index (χ4n) is 2.47. The summed E-state index contributed by atoms with van der Waals surface area (Å²) in [5.41, 5.74) is 1.03. The fourth-order valence-corrected chi connectivity index (χ4v) is 3.94. The molecule has 0 amide bonds. The lowest BCUT2D eigenvalue weighted by atomic mass is 9.98. The molecule has 0 aliphatic carbocycles. The van der Waals surface area contributed by atoms with Crippen LogP contribution in [0.5, 0.6) is 0 Å². The normalized spacial score (nSPS) is 12.3. The first kappa shape index (κ1) is 17.6. The average Bonchev–Trinajstić information content (AvgIpc) is 2.87. The van der Waals surface area contributed by atoms with Crippen molar-refractivity contribution in [3.63, 3.8) is 0 Å². The zero-order valence-corrected chi connectivity index (χ0v) is 14.7. The van der Waals surface area contributed by atoms with Gasteiger partial charge in [-0.15, -0.1) is 11.3 Å². The third-order valence-electron chi connectivity index (χ3n) is 3.76. The van der Waals surface area contributed by atoms with E-state index < -0.39 is 0 Å². The summed E-state index contributed by atoms with van der Waals surface area (Å²) in [5, 5.41) is 4.58. The van der Waals surface area contributed by atoms with Crippen molar-refractivity contribution in [2.45, 2.75) is 72.4 Å². The summed E-state index contributed by atoms with van der Waals surface area (Å²) in [6, 6.07) is 0. The van der Waals surface area contributed by atoms with Crippen molar-refractivity contribution in [3.05, 3.63) is 15.6 Å². The Morgan fingerprint density at radius 2 is 1.85 bits per heavy atom. The van der Waals surface area contributed by atoms with Crippen molar-refractivity contribution in [1.82, 2.24) is 10.3 Å². The smallest absolute Gasteiger partial charge is 0.125 e. The van der Waals surface area contributed by atoms with E-state index in [1.807, 2.05) is 11.3 Å². The van der Waals surface area contributed by atoms with Gasteiger partial charge in [0.15, 0.2) is 0 Å². The van der Waals surface area contributed by atoms with Gasteiger partial charge in [0.25, 0.3) is 0 Å². The molecule has 0 spiro atoms. The van der Waals surface area contributed by atoms with Gasteiger partial charge in [0.2, 0.25) is 0 Å². The van der Waals surface area contributed by atoms with Crippen molar-refractivity contribution in [3.8, 4) is 0 Å². The molecule has 0 aliphatic rings. The Hall–Kier alpha value is -0.450. The molecule has 0 saturated carbocycles. The molecule has 1 aromatic rings. The molecule has 0 fully saturated rings. The number of ether oxygens (including phenoxy) is 1. The molecule has 1 aromatic heterocycles. The molecule has 1 heterocycles. The predicted molar refractivity (Wildman–Crippen MR) is 87.5 cm³/mol. The van der Waals surface area contributed by atoms with E-state index in [1.54, 1.807) is 0 Å². The van der Waals surface area contributed by atoms with Crippen molar-refractivity contribution in [2.24, 2.45) is 0 Å². The molecule has 0 aromatic carbocycles. The van der Waals surface area contributed by atoms with Gasteiger partial charge >= 0.3 is 0 Å². The van der Waals surface area contributed by atoms with Gasteiger partial charge in [-0.25, -0.2) is 4.98 Å². The number of aromatic nitrogens is 1. The molecule has 20 heavy (non-hydrogen) atoms. The van der Waals surface area contributed by atoms with Gasteiger partial charge in [-0.3, -0.25) is 0 Å². The minimum Gasteiger partial charge on any atom is -0.368 e. The molecule has 0 aliphatic heterocycles. The van der Waals surface area contributed by atoms with Crippen molar-refractivity contribution in [1.29, 1.82) is 0 Å². The largest absolute Gasteiger partial charge is 0.368 e. The summed E-state index contributed by atoms with van der Waals surface area (Å²) in [6.45, 7) is 15.7. The van der Waals surface area contributed by atoms with E-state index in [4.69, 9.17) is 9.72 Å². The number of nitrogens with zero attached hydrogens (tertiary/aromatic N) is 1. The van der Waals surface area contributed by atoms with Gasteiger partial charge in [-0.2, -0.15) is 0 Å². The Morgan fingerprint density at radius 1 is 1.20 bits per heavy atom. The topological polar surface area (TPSA) is 34.1 Å². The molecule has 0 saturated heterocycles. The van der Waals surface area contributed by atoms with Gasteiger partial charge in [0.1, 0.15) is 10.6 Å². The molecule has 1 rings (SSSR count). The lowest BCUT2D eigenvalue weighted by Crippen LogP contribution is -2.28. The fraction of sp³-hybridized carbons (Fsp3) is 0.812. The van der Waals surface area contributed by atoms with Crippen LogP contribution in [0.15, 0.2) is 0 Å². The van der Waals surface area contributed by atoms with Gasteiger partial charge in [-0.1, -0.05) is 34.6 Å². The Balaban J connectivity index is 3.16. The Bertz CT molecular complexity index is 397. The van der Waals surface area contributed by atoms with Gasteiger partial charge in [-0.05, 0) is 32.2 Å². The number of nitrogens with one attached hydrogen (secondary N) is 1. The van der Waals surface area contributed by atoms with Crippen LogP contribution in [-0.4, -0.2) is 18.1 Å². The number of rotatable bonds is 9. The van der Waals surface area contributed by atoms with E-state index in [-0.39, 0.29) is 5.60 Å². The van der Waals surface area contributed by atoms with Crippen molar-refractivity contribution in [2.75, 3.05) is 13.2 Å². The van der Waals surface area contributed by atoms with Crippen LogP contribution >= 0.6 is 11.3 Å². The number of hydrogen-bond donors (Lipinski definition) is 1. The third-order valence-corrected chi connectivity index (χ3v) is 5.02. The monoisotopic (exact) mass is 298 g/mol. The first-order valence-corrected chi connectivity index (χ1v) is 8.70. The summed E-state index contributed by atoms with van der Waals surface area (Å²) < 4.78 is 6.09. The second kappa shape index (κ2) is 8.11. The zero-order chi connectivity index (χ0) is 15.2. The summed E-state index contributed by atoms with van der Waals surface area (Å²) in [4.78, 5) is 6.31. The molecular weight excluding hydrogens is 268 g/mol. The maximum absolute atomic E-state index is 6.09. The van der Waals surface area contributed by atoms with Crippen LogP contribution in [0.1, 0.15) is 75.9 Å².